The van der Waals surface area contributed by atoms with Crippen LogP contribution in [0, 0.1) is 24.2 Å². The van der Waals surface area contributed by atoms with Gasteiger partial charge in [-0.25, -0.2) is 0 Å². The van der Waals surface area contributed by atoms with E-state index >= 15 is 0 Å². The third-order valence-electron chi connectivity index (χ3n) is 6.66. The van der Waals surface area contributed by atoms with Crippen molar-refractivity contribution in [1.29, 1.82) is 5.26 Å². The third-order valence-corrected chi connectivity index (χ3v) is 6.87. The average molecular weight is 495 g/mol. The average Bonchev–Trinajstić information content (AvgIpc) is 3.38. The molecule has 3 heterocycles. The van der Waals surface area contributed by atoms with E-state index in [9.17, 15) is 19.6 Å². The fourth-order valence-electron chi connectivity index (χ4n) is 4.41. The van der Waals surface area contributed by atoms with Gasteiger partial charge in [-0.15, -0.1) is 0 Å². The van der Waals surface area contributed by atoms with Gasteiger partial charge in [0.05, 0.1) is 12.5 Å². The van der Waals surface area contributed by atoms with Gasteiger partial charge in [0, 0.05) is 49.1 Å². The highest BCUT2D eigenvalue weighted by atomic mass is 35.5. The maximum Gasteiger partial charge on any atom is 0.255 e. The monoisotopic (exact) mass is 494 g/mol. The number of aromatic nitrogens is 1. The predicted octanol–water partition coefficient (Wildman–Crippen LogP) is 3.51. The van der Waals surface area contributed by atoms with E-state index in [0.717, 1.165) is 30.4 Å². The predicted molar refractivity (Wildman–Crippen MR) is 133 cm³/mol. The van der Waals surface area contributed by atoms with Gasteiger partial charge in [-0.3, -0.25) is 14.4 Å². The lowest BCUT2D eigenvalue weighted by Gasteiger charge is -2.30. The molecule has 2 aliphatic heterocycles. The zero-order valence-electron chi connectivity index (χ0n) is 19.8. The SMILES string of the molecule is Cc1c(C=C2CCN(C(=O)C3CCOC3)CC2)cc(Cl)cc1NC(=O)c1cc(C#N)n(C)c(=O)c1. The standard InChI is InChI=1S/C26H27ClN4O4/c1-16-19(9-17-3-6-31(7-4-17)26(34)18-5-8-35-15-18)10-21(27)13-23(16)29-25(33)20-11-22(14-28)30(2)24(32)12-20/h9-13,18H,3-8,15H2,1-2H3,(H,29,33). The summed E-state index contributed by atoms with van der Waals surface area (Å²) < 4.78 is 6.54. The lowest BCUT2D eigenvalue weighted by molar-refractivity contribution is -0.135. The number of rotatable bonds is 4. The molecular formula is C26H27ClN4O4. The van der Waals surface area contributed by atoms with Gasteiger partial charge in [-0.05, 0) is 55.5 Å². The van der Waals surface area contributed by atoms with E-state index in [2.05, 4.69) is 11.4 Å². The second-order valence-corrected chi connectivity index (χ2v) is 9.38. The number of piperidine rings is 1. The number of likely N-dealkylation sites (tertiary alicyclic amines) is 1. The van der Waals surface area contributed by atoms with Gasteiger partial charge in [0.2, 0.25) is 5.91 Å². The molecule has 2 saturated heterocycles. The Hall–Kier alpha value is -3.41. The Balaban J connectivity index is 1.50. The molecule has 35 heavy (non-hydrogen) atoms. The summed E-state index contributed by atoms with van der Waals surface area (Å²) in [4.78, 5) is 39.5. The van der Waals surface area contributed by atoms with E-state index in [1.807, 2.05) is 24.0 Å². The number of hydrogen-bond donors (Lipinski definition) is 1. The zero-order valence-corrected chi connectivity index (χ0v) is 20.5. The summed E-state index contributed by atoms with van der Waals surface area (Å²) in [5.41, 5.74) is 3.23. The minimum Gasteiger partial charge on any atom is -0.381 e. The fourth-order valence-corrected chi connectivity index (χ4v) is 4.64. The molecule has 182 valence electrons. The minimum absolute atomic E-state index is 0.0177. The van der Waals surface area contributed by atoms with Crippen molar-refractivity contribution < 1.29 is 14.3 Å². The van der Waals surface area contributed by atoms with Crippen LogP contribution in [0.3, 0.4) is 0 Å². The summed E-state index contributed by atoms with van der Waals surface area (Å²) in [5.74, 6) is -0.331. The first-order valence-electron chi connectivity index (χ1n) is 11.6. The van der Waals surface area contributed by atoms with Crippen molar-refractivity contribution in [2.75, 3.05) is 31.6 Å². The highest BCUT2D eigenvalue weighted by Gasteiger charge is 2.29. The maximum absolute atomic E-state index is 12.8. The first kappa shape index (κ1) is 24.7. The van der Waals surface area contributed by atoms with Crippen LogP contribution in [-0.2, 0) is 16.6 Å². The van der Waals surface area contributed by atoms with Gasteiger partial charge >= 0.3 is 0 Å². The molecule has 2 fully saturated rings. The van der Waals surface area contributed by atoms with E-state index in [1.54, 1.807) is 6.07 Å². The molecular weight excluding hydrogens is 468 g/mol. The van der Waals surface area contributed by atoms with Crippen LogP contribution in [0.5, 0.6) is 0 Å². The van der Waals surface area contributed by atoms with Crippen molar-refractivity contribution in [3.8, 4) is 6.07 Å². The van der Waals surface area contributed by atoms with Crippen molar-refractivity contribution in [2.24, 2.45) is 13.0 Å². The molecule has 1 unspecified atom stereocenters. The second-order valence-electron chi connectivity index (χ2n) is 8.95. The highest BCUT2D eigenvalue weighted by Crippen LogP contribution is 2.29. The molecule has 0 aliphatic carbocycles. The normalized spacial score (nSPS) is 17.7. The van der Waals surface area contributed by atoms with Crippen molar-refractivity contribution >= 4 is 35.2 Å². The number of anilines is 1. The minimum atomic E-state index is -0.495. The van der Waals surface area contributed by atoms with E-state index in [0.29, 0.717) is 37.0 Å². The summed E-state index contributed by atoms with van der Waals surface area (Å²) in [6.07, 6.45) is 4.42. The quantitative estimate of drug-likeness (QED) is 0.700. The largest absolute Gasteiger partial charge is 0.381 e. The molecule has 4 rings (SSSR count). The summed E-state index contributed by atoms with van der Waals surface area (Å²) >= 11 is 6.36. The first-order chi connectivity index (χ1) is 16.8. The molecule has 1 atom stereocenters. The second kappa shape index (κ2) is 10.5. The molecule has 0 bridgehead atoms. The third kappa shape index (κ3) is 5.47. The Kier molecular flexibility index (Phi) is 7.39. The van der Waals surface area contributed by atoms with Crippen LogP contribution in [0.1, 0.15) is 46.4 Å². The molecule has 2 aromatic rings. The summed E-state index contributed by atoms with van der Waals surface area (Å²) in [6.45, 7) is 4.41. The number of halogens is 1. The number of nitrogens with one attached hydrogen (secondary N) is 1. The molecule has 0 radical (unpaired) electrons. The number of carbonyl (C=O) groups is 2. The molecule has 0 spiro atoms. The van der Waals surface area contributed by atoms with E-state index in [-0.39, 0.29) is 23.1 Å². The molecule has 1 N–H and O–H groups in total. The fraction of sp³-hybridized carbons (Fsp3) is 0.385. The van der Waals surface area contributed by atoms with Gasteiger partial charge in [-0.1, -0.05) is 23.3 Å². The lowest BCUT2D eigenvalue weighted by atomic mass is 9.97. The van der Waals surface area contributed by atoms with Crippen LogP contribution in [0.2, 0.25) is 5.02 Å². The van der Waals surface area contributed by atoms with Crippen LogP contribution in [0.25, 0.3) is 6.08 Å². The smallest absolute Gasteiger partial charge is 0.255 e. The van der Waals surface area contributed by atoms with Gasteiger partial charge < -0.3 is 19.5 Å². The summed E-state index contributed by atoms with van der Waals surface area (Å²) in [5, 5.41) is 12.5. The molecule has 9 heteroatoms. The van der Waals surface area contributed by atoms with Crippen molar-refractivity contribution in [3.63, 3.8) is 0 Å². The molecule has 2 amide bonds. The first-order valence-corrected chi connectivity index (χ1v) is 11.9. The summed E-state index contributed by atoms with van der Waals surface area (Å²) in [7, 11) is 1.48. The Morgan fingerprint density at radius 1 is 1.23 bits per heavy atom. The number of amides is 2. The van der Waals surface area contributed by atoms with Gasteiger partial charge in [0.15, 0.2) is 0 Å². The van der Waals surface area contributed by atoms with Crippen molar-refractivity contribution in [2.45, 2.75) is 26.2 Å². The Bertz CT molecular complexity index is 1290. The van der Waals surface area contributed by atoms with E-state index in [4.69, 9.17) is 16.3 Å². The number of ether oxygens (including phenoxy) is 1. The molecule has 2 aliphatic rings. The topological polar surface area (TPSA) is 104 Å². The van der Waals surface area contributed by atoms with Gasteiger partial charge in [0.1, 0.15) is 11.8 Å². The molecule has 0 saturated carbocycles. The van der Waals surface area contributed by atoms with Crippen LogP contribution >= 0.6 is 11.6 Å². The Labute approximate surface area is 208 Å². The number of pyridine rings is 1. The molecule has 8 nitrogen and oxygen atoms in total. The zero-order chi connectivity index (χ0) is 25.1. The van der Waals surface area contributed by atoms with Crippen LogP contribution in [-0.4, -0.2) is 47.6 Å². The van der Waals surface area contributed by atoms with Crippen LogP contribution in [0.4, 0.5) is 5.69 Å². The van der Waals surface area contributed by atoms with E-state index in [1.165, 1.54) is 29.3 Å². The van der Waals surface area contributed by atoms with Crippen molar-refractivity contribution in [3.05, 3.63) is 67.6 Å². The van der Waals surface area contributed by atoms with Crippen LogP contribution < -0.4 is 10.9 Å². The molecule has 1 aromatic carbocycles. The summed E-state index contributed by atoms with van der Waals surface area (Å²) in [6, 6.07) is 8.01. The number of nitriles is 1. The Morgan fingerprint density at radius 3 is 2.63 bits per heavy atom. The number of benzene rings is 1. The lowest BCUT2D eigenvalue weighted by Crippen LogP contribution is -2.40. The number of nitrogens with zero attached hydrogens (tertiary/aromatic N) is 3. The Morgan fingerprint density at radius 2 is 1.97 bits per heavy atom. The number of hydrogen-bond acceptors (Lipinski definition) is 5. The van der Waals surface area contributed by atoms with E-state index < -0.39 is 11.5 Å². The van der Waals surface area contributed by atoms with Gasteiger partial charge in [-0.2, -0.15) is 5.26 Å². The number of carbonyl (C=O) groups excluding carboxylic acids is 2. The maximum atomic E-state index is 12.8. The molecule has 1 aromatic heterocycles. The van der Waals surface area contributed by atoms with Gasteiger partial charge in [0.25, 0.3) is 11.5 Å². The van der Waals surface area contributed by atoms with Crippen molar-refractivity contribution in [1.82, 2.24) is 9.47 Å². The van der Waals surface area contributed by atoms with Crippen LogP contribution in [0.15, 0.2) is 34.6 Å². The highest BCUT2D eigenvalue weighted by molar-refractivity contribution is 6.31.